The number of ether oxygens (including phenoxy) is 4. The lowest BCUT2D eigenvalue weighted by atomic mass is 10.0. The summed E-state index contributed by atoms with van der Waals surface area (Å²) < 4.78 is 22.9. The summed E-state index contributed by atoms with van der Waals surface area (Å²) in [6.07, 6.45) is 2.09. The van der Waals surface area contributed by atoms with E-state index in [4.69, 9.17) is 18.9 Å². The van der Waals surface area contributed by atoms with Crippen LogP contribution in [0.2, 0.25) is 0 Å². The fourth-order valence-corrected chi connectivity index (χ4v) is 2.16. The second kappa shape index (κ2) is 4.84. The van der Waals surface area contributed by atoms with Gasteiger partial charge in [-0.25, -0.2) is 0 Å². The molecular weight excluding hydrogens is 220 g/mol. The van der Waals surface area contributed by atoms with E-state index in [-0.39, 0.29) is 23.8 Å². The second-order valence-electron chi connectivity index (χ2n) is 6.09. The van der Waals surface area contributed by atoms with Gasteiger partial charge in [-0.3, -0.25) is 0 Å². The van der Waals surface area contributed by atoms with E-state index in [2.05, 4.69) is 27.7 Å². The van der Waals surface area contributed by atoms with Crippen LogP contribution in [0.4, 0.5) is 0 Å². The lowest BCUT2D eigenvalue weighted by Gasteiger charge is -2.40. The van der Waals surface area contributed by atoms with E-state index in [9.17, 15) is 0 Å². The number of hydrogen-bond donors (Lipinski definition) is 0. The molecule has 0 aromatic heterocycles. The third-order valence-electron chi connectivity index (χ3n) is 3.30. The topological polar surface area (TPSA) is 36.9 Å². The second-order valence-corrected chi connectivity index (χ2v) is 6.09. The predicted molar refractivity (Wildman–Crippen MR) is 63.7 cm³/mol. The Labute approximate surface area is 104 Å². The van der Waals surface area contributed by atoms with Crippen LogP contribution in [0.15, 0.2) is 0 Å². The van der Waals surface area contributed by atoms with Gasteiger partial charge in [0.2, 0.25) is 0 Å². The van der Waals surface area contributed by atoms with Crippen LogP contribution in [0.25, 0.3) is 0 Å². The summed E-state index contributed by atoms with van der Waals surface area (Å²) in [6.45, 7) is 9.86. The van der Waals surface area contributed by atoms with Crippen LogP contribution in [-0.2, 0) is 18.9 Å². The minimum absolute atomic E-state index is 0.104. The Bertz CT molecular complexity index is 236. The zero-order valence-corrected chi connectivity index (χ0v) is 11.3. The van der Waals surface area contributed by atoms with Crippen LogP contribution in [-0.4, -0.2) is 37.0 Å². The first-order valence-corrected chi connectivity index (χ1v) is 6.45. The number of rotatable bonds is 2. The lowest BCUT2D eigenvalue weighted by Crippen LogP contribution is -2.45. The van der Waals surface area contributed by atoms with Crippen LogP contribution in [0.3, 0.4) is 0 Å². The van der Waals surface area contributed by atoms with E-state index in [1.807, 2.05) is 0 Å². The minimum atomic E-state index is -0.211. The van der Waals surface area contributed by atoms with Gasteiger partial charge in [0, 0.05) is 6.42 Å². The van der Waals surface area contributed by atoms with Crippen molar-refractivity contribution in [3.63, 3.8) is 0 Å². The van der Waals surface area contributed by atoms with Gasteiger partial charge in [0.15, 0.2) is 12.6 Å². The Morgan fingerprint density at radius 3 is 1.59 bits per heavy atom. The van der Waals surface area contributed by atoms with Crippen molar-refractivity contribution in [2.24, 2.45) is 0 Å². The molecule has 2 aliphatic heterocycles. The van der Waals surface area contributed by atoms with Crippen molar-refractivity contribution in [2.75, 3.05) is 13.2 Å². The molecule has 0 radical (unpaired) electrons. The molecule has 2 rings (SSSR count). The molecule has 0 N–H and O–H groups in total. The monoisotopic (exact) mass is 244 g/mol. The van der Waals surface area contributed by atoms with Crippen molar-refractivity contribution in [3.8, 4) is 0 Å². The summed E-state index contributed by atoms with van der Waals surface area (Å²) in [5, 5.41) is 0. The maximum absolute atomic E-state index is 5.86. The molecule has 4 nitrogen and oxygen atoms in total. The highest BCUT2D eigenvalue weighted by atomic mass is 16.7. The van der Waals surface area contributed by atoms with Crippen LogP contribution in [0, 0.1) is 0 Å². The van der Waals surface area contributed by atoms with Gasteiger partial charge in [-0.2, -0.15) is 0 Å². The summed E-state index contributed by atoms with van der Waals surface area (Å²) in [6, 6.07) is 0. The van der Waals surface area contributed by atoms with Crippen molar-refractivity contribution in [1.29, 1.82) is 0 Å². The van der Waals surface area contributed by atoms with Gasteiger partial charge >= 0.3 is 0 Å². The highest BCUT2D eigenvalue weighted by Gasteiger charge is 2.35. The molecule has 0 spiro atoms. The summed E-state index contributed by atoms with van der Waals surface area (Å²) in [4.78, 5) is 0. The van der Waals surface area contributed by atoms with Crippen LogP contribution >= 0.6 is 0 Å². The minimum Gasteiger partial charge on any atom is -0.352 e. The molecule has 0 aromatic rings. The molecule has 17 heavy (non-hydrogen) atoms. The molecule has 2 aliphatic rings. The SMILES string of the molecule is CC1(C)CCOC(CC2OCCC(C)(C)O2)O1. The van der Waals surface area contributed by atoms with Crippen molar-refractivity contribution < 1.29 is 18.9 Å². The first-order valence-electron chi connectivity index (χ1n) is 6.45. The van der Waals surface area contributed by atoms with Gasteiger partial charge in [-0.1, -0.05) is 0 Å². The van der Waals surface area contributed by atoms with Crippen molar-refractivity contribution >= 4 is 0 Å². The highest BCUT2D eigenvalue weighted by Crippen LogP contribution is 2.29. The van der Waals surface area contributed by atoms with Crippen molar-refractivity contribution in [1.82, 2.24) is 0 Å². The first kappa shape index (κ1) is 13.3. The largest absolute Gasteiger partial charge is 0.352 e. The van der Waals surface area contributed by atoms with Gasteiger partial charge in [0.05, 0.1) is 24.4 Å². The molecule has 0 saturated carbocycles. The normalized spacial score (nSPS) is 36.7. The van der Waals surface area contributed by atoms with E-state index >= 15 is 0 Å². The lowest BCUT2D eigenvalue weighted by molar-refractivity contribution is -0.300. The Morgan fingerprint density at radius 1 is 0.824 bits per heavy atom. The Hall–Kier alpha value is -0.160. The molecule has 4 heteroatoms. The third kappa shape index (κ3) is 3.91. The average Bonchev–Trinajstić information content (AvgIpc) is 2.13. The van der Waals surface area contributed by atoms with E-state index < -0.39 is 0 Å². The van der Waals surface area contributed by atoms with Crippen LogP contribution in [0.5, 0.6) is 0 Å². The molecular formula is C13H24O4. The highest BCUT2D eigenvalue weighted by molar-refractivity contribution is 4.76. The Kier molecular flexibility index (Phi) is 3.78. The maximum Gasteiger partial charge on any atom is 0.163 e. The molecule has 0 aliphatic carbocycles. The predicted octanol–water partition coefficient (Wildman–Crippen LogP) is 2.46. The van der Waals surface area contributed by atoms with Gasteiger partial charge in [-0.15, -0.1) is 0 Å². The van der Waals surface area contributed by atoms with Crippen molar-refractivity contribution in [2.45, 2.75) is 70.7 Å². The molecule has 0 bridgehead atoms. The smallest absolute Gasteiger partial charge is 0.163 e. The zero-order chi connectivity index (χ0) is 12.5. The van der Waals surface area contributed by atoms with Crippen LogP contribution in [0.1, 0.15) is 47.0 Å². The fourth-order valence-electron chi connectivity index (χ4n) is 2.16. The molecule has 2 saturated heterocycles. The van der Waals surface area contributed by atoms with E-state index in [1.54, 1.807) is 0 Å². The summed E-state index contributed by atoms with van der Waals surface area (Å²) >= 11 is 0. The summed E-state index contributed by atoms with van der Waals surface area (Å²) in [7, 11) is 0. The Balaban J connectivity index is 1.84. The van der Waals surface area contributed by atoms with Gasteiger partial charge in [-0.05, 0) is 40.5 Å². The van der Waals surface area contributed by atoms with Gasteiger partial charge in [0.25, 0.3) is 0 Å². The average molecular weight is 244 g/mol. The van der Waals surface area contributed by atoms with Crippen molar-refractivity contribution in [3.05, 3.63) is 0 Å². The molecule has 2 atom stereocenters. The summed E-state index contributed by atoms with van der Waals surface area (Å²) in [5.74, 6) is 0. The quantitative estimate of drug-likeness (QED) is 0.747. The molecule has 2 fully saturated rings. The maximum atomic E-state index is 5.86. The summed E-state index contributed by atoms with van der Waals surface area (Å²) in [5.41, 5.74) is -0.208. The van der Waals surface area contributed by atoms with E-state index in [1.165, 1.54) is 0 Å². The molecule has 2 unspecified atom stereocenters. The zero-order valence-electron chi connectivity index (χ0n) is 11.3. The standard InChI is InChI=1S/C13H24O4/c1-12(2)5-7-14-10(16-12)9-11-15-8-6-13(3,4)17-11/h10-11H,5-9H2,1-4H3. The third-order valence-corrected chi connectivity index (χ3v) is 3.30. The van der Waals surface area contributed by atoms with Crippen LogP contribution < -0.4 is 0 Å². The fraction of sp³-hybridized carbons (Fsp3) is 1.00. The first-order chi connectivity index (χ1) is 7.86. The van der Waals surface area contributed by atoms with E-state index in [0.29, 0.717) is 6.42 Å². The number of hydrogen-bond acceptors (Lipinski definition) is 4. The molecule has 100 valence electrons. The van der Waals surface area contributed by atoms with Gasteiger partial charge < -0.3 is 18.9 Å². The molecule has 0 amide bonds. The molecule has 2 heterocycles. The van der Waals surface area contributed by atoms with Gasteiger partial charge in [0.1, 0.15) is 0 Å². The molecule has 0 aromatic carbocycles. The Morgan fingerprint density at radius 2 is 1.24 bits per heavy atom. The van der Waals surface area contributed by atoms with E-state index in [0.717, 1.165) is 26.1 Å².